The first-order valence-corrected chi connectivity index (χ1v) is 10.8. The van der Waals surface area contributed by atoms with Crippen molar-refractivity contribution in [2.75, 3.05) is 7.11 Å². The minimum Gasteiger partial charge on any atom is -0.486 e. The van der Waals surface area contributed by atoms with Gasteiger partial charge in [0.05, 0.1) is 12.0 Å². The van der Waals surface area contributed by atoms with Crippen molar-refractivity contribution in [1.82, 2.24) is 9.36 Å². The molecule has 0 bridgehead atoms. The van der Waals surface area contributed by atoms with Gasteiger partial charge in [-0.3, -0.25) is 9.17 Å². The lowest BCUT2D eigenvalue weighted by molar-refractivity contribution is 0.207. The fourth-order valence-electron chi connectivity index (χ4n) is 3.78. The average molecular weight is 433 g/mol. The van der Waals surface area contributed by atoms with Gasteiger partial charge in [0.2, 0.25) is 5.88 Å². The van der Waals surface area contributed by atoms with Crippen molar-refractivity contribution in [3.8, 4) is 33.6 Å². The third kappa shape index (κ3) is 4.04. The maximum Gasteiger partial charge on any atom is 0.258 e. The van der Waals surface area contributed by atoms with E-state index in [1.54, 1.807) is 25.4 Å². The van der Waals surface area contributed by atoms with Gasteiger partial charge in [-0.05, 0) is 60.4 Å². The Kier molecular flexibility index (Phi) is 5.18. The van der Waals surface area contributed by atoms with Crippen LogP contribution in [-0.2, 0) is 6.42 Å². The Labute approximate surface area is 183 Å². The van der Waals surface area contributed by atoms with Gasteiger partial charge in [-0.15, -0.1) is 0 Å². The number of aromatic amines is 1. The third-order valence-electron chi connectivity index (χ3n) is 5.26. The number of nitrogens with one attached hydrogen (secondary N) is 1. The molecule has 2 aromatic carbocycles. The molecular formula is C24H20N2O4S. The monoisotopic (exact) mass is 432 g/mol. The standard InChI is InChI=1S/C24H20N2O4S/c1-28-24-13-17(11-12-25-24)30-20-4-2-3-18-19(20)9-10-21(18)29-16-7-5-15(6-8-16)22-14-23(27)26-31-22/h2-8,11-14,21H,9-10H2,1H3,(H,26,27)/t21-/m1/s1. The summed E-state index contributed by atoms with van der Waals surface area (Å²) in [7, 11) is 1.58. The van der Waals surface area contributed by atoms with E-state index in [2.05, 4.69) is 15.4 Å². The van der Waals surface area contributed by atoms with Gasteiger partial charge in [-0.25, -0.2) is 4.98 Å². The molecule has 0 saturated carbocycles. The number of H-pyrrole nitrogens is 1. The molecule has 0 spiro atoms. The second kappa shape index (κ2) is 8.28. The molecule has 0 radical (unpaired) electrons. The number of ether oxygens (including phenoxy) is 3. The maximum atomic E-state index is 11.4. The zero-order valence-corrected chi connectivity index (χ0v) is 17.6. The first-order chi connectivity index (χ1) is 15.2. The van der Waals surface area contributed by atoms with Crippen LogP contribution in [0.5, 0.6) is 23.1 Å². The molecule has 7 heteroatoms. The summed E-state index contributed by atoms with van der Waals surface area (Å²) >= 11 is 1.33. The van der Waals surface area contributed by atoms with E-state index >= 15 is 0 Å². The van der Waals surface area contributed by atoms with Crippen molar-refractivity contribution < 1.29 is 14.2 Å². The molecule has 5 rings (SSSR count). The molecule has 1 aliphatic rings. The lowest BCUT2D eigenvalue weighted by atomic mass is 10.1. The summed E-state index contributed by atoms with van der Waals surface area (Å²) in [6, 6.07) is 19.1. The van der Waals surface area contributed by atoms with Crippen LogP contribution in [0.15, 0.2) is 71.7 Å². The van der Waals surface area contributed by atoms with E-state index in [-0.39, 0.29) is 11.7 Å². The zero-order chi connectivity index (χ0) is 21.2. The Morgan fingerprint density at radius 2 is 1.94 bits per heavy atom. The normalized spacial score (nSPS) is 14.8. The molecule has 4 aromatic rings. The highest BCUT2D eigenvalue weighted by Gasteiger charge is 2.27. The quantitative estimate of drug-likeness (QED) is 0.444. The second-order valence-corrected chi connectivity index (χ2v) is 8.05. The van der Waals surface area contributed by atoms with E-state index in [4.69, 9.17) is 14.2 Å². The van der Waals surface area contributed by atoms with Crippen LogP contribution in [0.4, 0.5) is 0 Å². The molecule has 1 aliphatic carbocycles. The van der Waals surface area contributed by atoms with Gasteiger partial charge in [0.15, 0.2) is 0 Å². The minimum atomic E-state index is -0.0777. The van der Waals surface area contributed by atoms with E-state index in [1.165, 1.54) is 11.5 Å². The number of hydrogen-bond donors (Lipinski definition) is 1. The Balaban J connectivity index is 1.34. The molecule has 0 saturated heterocycles. The first kappa shape index (κ1) is 19.4. The topological polar surface area (TPSA) is 73.4 Å². The molecule has 31 heavy (non-hydrogen) atoms. The lowest BCUT2D eigenvalue weighted by Gasteiger charge is -2.16. The molecule has 0 unspecified atom stereocenters. The number of fused-ring (bicyclic) bond motifs is 1. The summed E-state index contributed by atoms with van der Waals surface area (Å²) in [5.74, 6) is 2.83. The van der Waals surface area contributed by atoms with Gasteiger partial charge >= 0.3 is 0 Å². The molecule has 1 atom stereocenters. The van der Waals surface area contributed by atoms with E-state index in [0.29, 0.717) is 11.6 Å². The minimum absolute atomic E-state index is 0.0281. The Morgan fingerprint density at radius 3 is 2.71 bits per heavy atom. The Hall–Kier alpha value is -3.58. The number of methoxy groups -OCH3 is 1. The molecule has 2 heterocycles. The highest BCUT2D eigenvalue weighted by Crippen LogP contribution is 2.41. The van der Waals surface area contributed by atoms with Crippen molar-refractivity contribution in [2.45, 2.75) is 18.9 Å². The van der Waals surface area contributed by atoms with Gasteiger partial charge in [0, 0.05) is 23.9 Å². The van der Waals surface area contributed by atoms with E-state index < -0.39 is 0 Å². The van der Waals surface area contributed by atoms with Crippen LogP contribution in [0.25, 0.3) is 10.4 Å². The summed E-state index contributed by atoms with van der Waals surface area (Å²) in [6.07, 6.45) is 3.41. The van der Waals surface area contributed by atoms with Crippen LogP contribution in [-0.4, -0.2) is 16.5 Å². The SMILES string of the molecule is COc1cc(Oc2cccc3c2CC[C@H]3Oc2ccc(-c3cc(=O)[nH]s3)cc2)ccn1. The molecule has 2 aromatic heterocycles. The number of benzene rings is 2. The van der Waals surface area contributed by atoms with Crippen LogP contribution >= 0.6 is 11.5 Å². The van der Waals surface area contributed by atoms with Crippen LogP contribution in [0.1, 0.15) is 23.7 Å². The second-order valence-electron chi connectivity index (χ2n) is 7.21. The lowest BCUT2D eigenvalue weighted by Crippen LogP contribution is -2.03. The van der Waals surface area contributed by atoms with Gasteiger partial charge in [-0.2, -0.15) is 0 Å². The number of rotatable bonds is 6. The maximum absolute atomic E-state index is 11.4. The highest BCUT2D eigenvalue weighted by atomic mass is 32.1. The van der Waals surface area contributed by atoms with E-state index in [0.717, 1.165) is 45.9 Å². The average Bonchev–Trinajstić information content (AvgIpc) is 3.42. The molecule has 0 amide bonds. The van der Waals surface area contributed by atoms with E-state index in [9.17, 15) is 4.79 Å². The summed E-state index contributed by atoms with van der Waals surface area (Å²) in [5.41, 5.74) is 3.22. The first-order valence-electron chi connectivity index (χ1n) is 9.95. The van der Waals surface area contributed by atoms with Crippen LogP contribution in [0.2, 0.25) is 0 Å². The van der Waals surface area contributed by atoms with Gasteiger partial charge in [0.1, 0.15) is 23.4 Å². The van der Waals surface area contributed by atoms with Crippen molar-refractivity contribution in [1.29, 1.82) is 0 Å². The molecule has 6 nitrogen and oxygen atoms in total. The summed E-state index contributed by atoms with van der Waals surface area (Å²) in [5, 5.41) is 0. The molecule has 0 fully saturated rings. The molecule has 0 aliphatic heterocycles. The van der Waals surface area contributed by atoms with Crippen molar-refractivity contribution in [2.24, 2.45) is 0 Å². The summed E-state index contributed by atoms with van der Waals surface area (Å²) in [4.78, 5) is 16.4. The highest BCUT2D eigenvalue weighted by molar-refractivity contribution is 7.09. The van der Waals surface area contributed by atoms with Gasteiger partial charge in [-0.1, -0.05) is 23.7 Å². The van der Waals surface area contributed by atoms with Crippen molar-refractivity contribution >= 4 is 11.5 Å². The van der Waals surface area contributed by atoms with E-state index in [1.807, 2.05) is 42.5 Å². The number of pyridine rings is 1. The Bertz CT molecular complexity index is 1260. The zero-order valence-electron chi connectivity index (χ0n) is 16.8. The largest absolute Gasteiger partial charge is 0.486 e. The van der Waals surface area contributed by atoms with Crippen molar-refractivity contribution in [3.63, 3.8) is 0 Å². The number of aromatic nitrogens is 2. The molecular weight excluding hydrogens is 412 g/mol. The number of nitrogens with zero attached hydrogens (tertiary/aromatic N) is 1. The smallest absolute Gasteiger partial charge is 0.258 e. The summed E-state index contributed by atoms with van der Waals surface area (Å²) in [6.45, 7) is 0. The van der Waals surface area contributed by atoms with Crippen LogP contribution in [0, 0.1) is 0 Å². The fourth-order valence-corrected chi connectivity index (χ4v) is 4.47. The van der Waals surface area contributed by atoms with Crippen LogP contribution < -0.4 is 19.8 Å². The third-order valence-corrected chi connectivity index (χ3v) is 6.13. The fraction of sp³-hybridized carbons (Fsp3) is 0.167. The predicted octanol–water partition coefficient (Wildman–Crippen LogP) is 5.37. The van der Waals surface area contributed by atoms with Crippen LogP contribution in [0.3, 0.4) is 0 Å². The van der Waals surface area contributed by atoms with Gasteiger partial charge in [0.25, 0.3) is 5.56 Å². The molecule has 1 N–H and O–H groups in total. The van der Waals surface area contributed by atoms with Crippen molar-refractivity contribution in [3.05, 3.63) is 88.3 Å². The summed E-state index contributed by atoms with van der Waals surface area (Å²) < 4.78 is 20.3. The Morgan fingerprint density at radius 1 is 1.06 bits per heavy atom. The number of hydrogen-bond acceptors (Lipinski definition) is 6. The van der Waals surface area contributed by atoms with Gasteiger partial charge < -0.3 is 14.2 Å². The molecule has 156 valence electrons. The predicted molar refractivity (Wildman–Crippen MR) is 119 cm³/mol.